The number of pyridine rings is 1. The third-order valence-corrected chi connectivity index (χ3v) is 4.56. The monoisotopic (exact) mass is 243 g/mol. The molecule has 0 fully saturated rings. The minimum absolute atomic E-state index is 0.816. The summed E-state index contributed by atoms with van der Waals surface area (Å²) < 4.78 is 5.77. The summed E-state index contributed by atoms with van der Waals surface area (Å²) in [6.45, 7) is 6.91. The molecular weight excluding hydrogens is 226 g/mol. The van der Waals surface area contributed by atoms with Crippen LogP contribution in [-0.2, 0) is 0 Å². The van der Waals surface area contributed by atoms with Crippen LogP contribution in [0.2, 0.25) is 19.6 Å². The molecule has 0 unspecified atom stereocenters. The summed E-state index contributed by atoms with van der Waals surface area (Å²) >= 11 is 0. The Morgan fingerprint density at radius 1 is 0.941 bits per heavy atom. The van der Waals surface area contributed by atoms with Crippen molar-refractivity contribution in [1.82, 2.24) is 4.98 Å². The normalized spacial score (nSPS) is 11.2. The van der Waals surface area contributed by atoms with Crippen LogP contribution < -0.4 is 9.92 Å². The lowest BCUT2D eigenvalue weighted by Crippen LogP contribution is -2.37. The number of benzene rings is 1. The van der Waals surface area contributed by atoms with E-state index in [1.54, 1.807) is 6.20 Å². The summed E-state index contributed by atoms with van der Waals surface area (Å²) in [5.41, 5.74) is 0. The average molecular weight is 243 g/mol. The summed E-state index contributed by atoms with van der Waals surface area (Å²) in [5, 5.41) is 1.31. The van der Waals surface area contributed by atoms with Gasteiger partial charge in [-0.3, -0.25) is 4.98 Å². The first-order chi connectivity index (χ1) is 8.05. The van der Waals surface area contributed by atoms with Crippen molar-refractivity contribution in [1.29, 1.82) is 0 Å². The molecule has 2 aromatic rings. The number of hydrogen-bond donors (Lipinski definition) is 0. The third-order valence-electron chi connectivity index (χ3n) is 2.56. The zero-order valence-electron chi connectivity index (χ0n) is 10.5. The zero-order valence-corrected chi connectivity index (χ0v) is 11.5. The van der Waals surface area contributed by atoms with Crippen molar-refractivity contribution in [2.75, 3.05) is 0 Å². The lowest BCUT2D eigenvalue weighted by Gasteiger charge is -2.16. The van der Waals surface area contributed by atoms with Crippen LogP contribution in [0.3, 0.4) is 0 Å². The Hall–Kier alpha value is -1.61. The first kappa shape index (κ1) is 11.9. The molecule has 0 saturated carbocycles. The van der Waals surface area contributed by atoms with Gasteiger partial charge < -0.3 is 4.74 Å². The molecule has 0 atom stereocenters. The summed E-state index contributed by atoms with van der Waals surface area (Å²) in [6.07, 6.45) is 3.71. The molecule has 88 valence electrons. The van der Waals surface area contributed by atoms with Crippen molar-refractivity contribution >= 4 is 13.3 Å². The Kier molecular flexibility index (Phi) is 3.29. The van der Waals surface area contributed by atoms with E-state index in [9.17, 15) is 0 Å². The summed E-state index contributed by atoms with van der Waals surface area (Å²) in [7, 11) is -1.32. The van der Waals surface area contributed by atoms with E-state index in [0.717, 1.165) is 11.5 Å². The molecule has 2 rings (SSSR count). The predicted molar refractivity (Wildman–Crippen MR) is 73.7 cm³/mol. The van der Waals surface area contributed by atoms with E-state index in [4.69, 9.17) is 4.74 Å². The Bertz CT molecular complexity index is 491. The fourth-order valence-corrected chi connectivity index (χ4v) is 2.55. The van der Waals surface area contributed by atoms with Crippen LogP contribution >= 0.6 is 0 Å². The fourth-order valence-electron chi connectivity index (χ4n) is 1.51. The molecule has 0 saturated heterocycles. The average Bonchev–Trinajstić information content (AvgIpc) is 2.29. The largest absolute Gasteiger partial charge is 0.456 e. The second-order valence-corrected chi connectivity index (χ2v) is 10.2. The minimum atomic E-state index is -1.32. The smallest absolute Gasteiger partial charge is 0.145 e. The molecular formula is C14H17NOSi. The Morgan fingerprint density at radius 2 is 1.65 bits per heavy atom. The second-order valence-electron chi connectivity index (χ2n) is 5.07. The van der Waals surface area contributed by atoms with E-state index < -0.39 is 8.07 Å². The number of nitrogens with zero attached hydrogens (tertiary/aromatic N) is 1. The Labute approximate surface area is 103 Å². The van der Waals surface area contributed by atoms with Gasteiger partial charge in [-0.1, -0.05) is 37.8 Å². The number of para-hydroxylation sites is 1. The van der Waals surface area contributed by atoms with Gasteiger partial charge in [0.05, 0.1) is 14.3 Å². The van der Waals surface area contributed by atoms with E-state index >= 15 is 0 Å². The predicted octanol–water partition coefficient (Wildman–Crippen LogP) is 3.42. The number of rotatable bonds is 3. The van der Waals surface area contributed by atoms with Crippen molar-refractivity contribution in [2.24, 2.45) is 0 Å². The van der Waals surface area contributed by atoms with Crippen LogP contribution in [0.15, 0.2) is 48.8 Å². The van der Waals surface area contributed by atoms with Gasteiger partial charge >= 0.3 is 0 Å². The summed E-state index contributed by atoms with van der Waals surface area (Å²) in [5.74, 6) is 1.66. The van der Waals surface area contributed by atoms with Gasteiger partial charge in [0.25, 0.3) is 0 Å². The molecule has 0 amide bonds. The van der Waals surface area contributed by atoms with Crippen molar-refractivity contribution in [3.05, 3.63) is 48.8 Å². The maximum atomic E-state index is 5.77. The van der Waals surface area contributed by atoms with Gasteiger partial charge in [-0.25, -0.2) is 0 Å². The highest BCUT2D eigenvalue weighted by Gasteiger charge is 2.17. The van der Waals surface area contributed by atoms with Gasteiger partial charge in [0.2, 0.25) is 0 Å². The van der Waals surface area contributed by atoms with Crippen LogP contribution in [-0.4, -0.2) is 13.1 Å². The highest BCUT2D eigenvalue weighted by Crippen LogP contribution is 2.19. The minimum Gasteiger partial charge on any atom is -0.456 e. The molecule has 1 aromatic carbocycles. The number of hydrogen-bond acceptors (Lipinski definition) is 2. The maximum Gasteiger partial charge on any atom is 0.145 e. The molecule has 17 heavy (non-hydrogen) atoms. The maximum absolute atomic E-state index is 5.77. The lowest BCUT2D eigenvalue weighted by molar-refractivity contribution is 0.481. The SMILES string of the molecule is C[Si](C)(C)c1cncc(Oc2ccccc2)c1. The highest BCUT2D eigenvalue weighted by molar-refractivity contribution is 6.88. The van der Waals surface area contributed by atoms with E-state index in [1.807, 2.05) is 36.5 Å². The van der Waals surface area contributed by atoms with Crippen LogP contribution in [0.5, 0.6) is 11.5 Å². The molecule has 0 aliphatic rings. The molecule has 0 radical (unpaired) electrons. The van der Waals surface area contributed by atoms with Crippen molar-refractivity contribution in [3.8, 4) is 11.5 Å². The molecule has 0 bridgehead atoms. The van der Waals surface area contributed by atoms with Gasteiger partial charge in [0.15, 0.2) is 0 Å². The van der Waals surface area contributed by atoms with Crippen LogP contribution in [0, 0.1) is 0 Å². The van der Waals surface area contributed by atoms with Crippen LogP contribution in [0.4, 0.5) is 0 Å². The van der Waals surface area contributed by atoms with Gasteiger partial charge in [-0.15, -0.1) is 0 Å². The second kappa shape index (κ2) is 4.71. The number of aromatic nitrogens is 1. The first-order valence-corrected chi connectivity index (χ1v) is 9.24. The van der Waals surface area contributed by atoms with Crippen LogP contribution in [0.1, 0.15) is 0 Å². The van der Waals surface area contributed by atoms with E-state index in [0.29, 0.717) is 0 Å². The van der Waals surface area contributed by atoms with Crippen molar-refractivity contribution in [2.45, 2.75) is 19.6 Å². The molecule has 1 aromatic heterocycles. The fraction of sp³-hybridized carbons (Fsp3) is 0.214. The van der Waals surface area contributed by atoms with Gasteiger partial charge in [-0.05, 0) is 23.4 Å². The van der Waals surface area contributed by atoms with Crippen molar-refractivity contribution in [3.63, 3.8) is 0 Å². The molecule has 0 aliphatic heterocycles. The van der Waals surface area contributed by atoms with E-state index in [1.165, 1.54) is 5.19 Å². The van der Waals surface area contributed by atoms with Gasteiger partial charge in [-0.2, -0.15) is 0 Å². The quantitative estimate of drug-likeness (QED) is 0.771. The van der Waals surface area contributed by atoms with Gasteiger partial charge in [0.1, 0.15) is 11.5 Å². The molecule has 3 heteroatoms. The molecule has 0 aliphatic carbocycles. The zero-order chi connectivity index (χ0) is 12.3. The van der Waals surface area contributed by atoms with E-state index in [-0.39, 0.29) is 0 Å². The molecule has 0 N–H and O–H groups in total. The van der Waals surface area contributed by atoms with Crippen molar-refractivity contribution < 1.29 is 4.74 Å². The standard InChI is InChI=1S/C14H17NOSi/c1-17(2,3)14-9-13(10-15-11-14)16-12-7-5-4-6-8-12/h4-11H,1-3H3. The third kappa shape index (κ3) is 3.17. The summed E-state index contributed by atoms with van der Waals surface area (Å²) in [4.78, 5) is 4.26. The number of ether oxygens (including phenoxy) is 1. The van der Waals surface area contributed by atoms with Gasteiger partial charge in [0, 0.05) is 6.20 Å². The Morgan fingerprint density at radius 3 is 2.29 bits per heavy atom. The summed E-state index contributed by atoms with van der Waals surface area (Å²) in [6, 6.07) is 11.9. The Balaban J connectivity index is 2.23. The lowest BCUT2D eigenvalue weighted by atomic mass is 10.3. The molecule has 2 nitrogen and oxygen atoms in total. The highest BCUT2D eigenvalue weighted by atomic mass is 28.3. The topological polar surface area (TPSA) is 22.1 Å². The molecule has 1 heterocycles. The van der Waals surface area contributed by atoms with E-state index in [2.05, 4.69) is 30.7 Å². The first-order valence-electron chi connectivity index (χ1n) is 5.74. The molecule has 0 spiro atoms. The van der Waals surface area contributed by atoms with Crippen LogP contribution in [0.25, 0.3) is 0 Å².